The Morgan fingerprint density at radius 3 is 3.14 bits per heavy atom. The monoisotopic (exact) mass is 304 g/mol. The lowest BCUT2D eigenvalue weighted by molar-refractivity contribution is 0.148. The molecule has 0 bridgehead atoms. The summed E-state index contributed by atoms with van der Waals surface area (Å²) in [6, 6.07) is 0. The molecule has 120 valence electrons. The second-order valence-electron chi connectivity index (χ2n) is 6.03. The summed E-state index contributed by atoms with van der Waals surface area (Å²) in [5.74, 6) is 1.60. The molecule has 1 unspecified atom stereocenters. The largest absolute Gasteiger partial charge is 0.296 e. The van der Waals surface area contributed by atoms with Crippen LogP contribution in [0.5, 0.6) is 0 Å². The van der Waals surface area contributed by atoms with Crippen molar-refractivity contribution in [2.45, 2.75) is 52.2 Å². The third kappa shape index (κ3) is 3.88. The van der Waals surface area contributed by atoms with Crippen LogP contribution in [0.1, 0.15) is 38.4 Å². The maximum atomic E-state index is 4.21. The molecule has 0 aromatic carbocycles. The fraction of sp³-hybridized carbons (Fsp3) is 0.786. The van der Waals surface area contributed by atoms with Crippen LogP contribution in [-0.2, 0) is 19.6 Å². The van der Waals surface area contributed by atoms with Crippen LogP contribution >= 0.6 is 0 Å². The molecular formula is C14H24N8. The lowest BCUT2D eigenvalue weighted by Gasteiger charge is -2.32. The van der Waals surface area contributed by atoms with E-state index in [0.29, 0.717) is 5.92 Å². The maximum absolute atomic E-state index is 4.21. The fourth-order valence-corrected chi connectivity index (χ4v) is 3.05. The van der Waals surface area contributed by atoms with Crippen LogP contribution in [-0.4, -0.2) is 53.0 Å². The SMILES string of the molecule is CCCCn1nnnc1CN1CCCC(Cn2cncn2)C1. The van der Waals surface area contributed by atoms with Gasteiger partial charge in [0.25, 0.3) is 0 Å². The Balaban J connectivity index is 1.55. The number of hydrogen-bond donors (Lipinski definition) is 0. The summed E-state index contributed by atoms with van der Waals surface area (Å²) < 4.78 is 3.88. The number of aromatic nitrogens is 7. The minimum atomic E-state index is 0.621. The van der Waals surface area contributed by atoms with E-state index in [0.717, 1.165) is 51.4 Å². The highest BCUT2D eigenvalue weighted by atomic mass is 15.5. The summed E-state index contributed by atoms with van der Waals surface area (Å²) in [5, 5.41) is 16.3. The Labute approximate surface area is 130 Å². The Morgan fingerprint density at radius 2 is 2.32 bits per heavy atom. The zero-order valence-corrected chi connectivity index (χ0v) is 13.2. The molecule has 0 radical (unpaired) electrons. The van der Waals surface area contributed by atoms with Crippen LogP contribution < -0.4 is 0 Å². The first kappa shape index (κ1) is 15.1. The summed E-state index contributed by atoms with van der Waals surface area (Å²) in [6.07, 6.45) is 8.13. The molecule has 8 heteroatoms. The number of likely N-dealkylation sites (tertiary alicyclic amines) is 1. The van der Waals surface area contributed by atoms with Gasteiger partial charge in [0.2, 0.25) is 0 Å². The Hall–Kier alpha value is -1.83. The summed E-state index contributed by atoms with van der Waals surface area (Å²) >= 11 is 0. The van der Waals surface area contributed by atoms with Crippen molar-refractivity contribution in [2.24, 2.45) is 5.92 Å². The zero-order chi connectivity index (χ0) is 15.2. The van der Waals surface area contributed by atoms with Gasteiger partial charge in [-0.05, 0) is 42.2 Å². The van der Waals surface area contributed by atoms with Gasteiger partial charge >= 0.3 is 0 Å². The normalized spacial score (nSPS) is 19.6. The molecule has 1 saturated heterocycles. The van der Waals surface area contributed by atoms with Gasteiger partial charge in [0, 0.05) is 19.6 Å². The first-order chi connectivity index (χ1) is 10.8. The van der Waals surface area contributed by atoms with Crippen molar-refractivity contribution in [2.75, 3.05) is 13.1 Å². The molecule has 8 nitrogen and oxygen atoms in total. The quantitative estimate of drug-likeness (QED) is 0.759. The van der Waals surface area contributed by atoms with Crippen molar-refractivity contribution in [1.82, 2.24) is 39.9 Å². The van der Waals surface area contributed by atoms with Gasteiger partial charge in [0.15, 0.2) is 5.82 Å². The van der Waals surface area contributed by atoms with E-state index in [2.05, 4.69) is 37.4 Å². The molecule has 2 aromatic heterocycles. The Bertz CT molecular complexity index is 549. The third-order valence-corrected chi connectivity index (χ3v) is 4.21. The number of unbranched alkanes of at least 4 members (excludes halogenated alkanes) is 1. The van der Waals surface area contributed by atoms with Crippen LogP contribution in [0.25, 0.3) is 0 Å². The van der Waals surface area contributed by atoms with Gasteiger partial charge in [0.1, 0.15) is 12.7 Å². The predicted molar refractivity (Wildman–Crippen MR) is 80.7 cm³/mol. The van der Waals surface area contributed by atoms with E-state index >= 15 is 0 Å². The molecule has 0 saturated carbocycles. The third-order valence-electron chi connectivity index (χ3n) is 4.21. The van der Waals surface area contributed by atoms with Crippen LogP contribution in [0.2, 0.25) is 0 Å². The van der Waals surface area contributed by atoms with E-state index in [4.69, 9.17) is 0 Å². The number of aryl methyl sites for hydroxylation is 1. The molecule has 1 atom stereocenters. The lowest BCUT2D eigenvalue weighted by atomic mass is 9.98. The minimum Gasteiger partial charge on any atom is -0.296 e. The molecule has 22 heavy (non-hydrogen) atoms. The van der Waals surface area contributed by atoms with E-state index in [1.54, 1.807) is 12.7 Å². The van der Waals surface area contributed by atoms with Crippen molar-refractivity contribution in [3.63, 3.8) is 0 Å². The Morgan fingerprint density at radius 1 is 1.36 bits per heavy atom. The lowest BCUT2D eigenvalue weighted by Crippen LogP contribution is -2.37. The van der Waals surface area contributed by atoms with Crippen LogP contribution in [0, 0.1) is 5.92 Å². The topological polar surface area (TPSA) is 77.5 Å². The predicted octanol–water partition coefficient (Wildman–Crippen LogP) is 0.977. The molecule has 2 aromatic rings. The minimum absolute atomic E-state index is 0.621. The molecule has 1 aliphatic rings. The van der Waals surface area contributed by atoms with Crippen molar-refractivity contribution < 1.29 is 0 Å². The number of tetrazole rings is 1. The highest BCUT2D eigenvalue weighted by Gasteiger charge is 2.22. The molecular weight excluding hydrogens is 280 g/mol. The zero-order valence-electron chi connectivity index (χ0n) is 13.2. The number of rotatable bonds is 7. The molecule has 3 heterocycles. The Kier molecular flexibility index (Phi) is 5.10. The van der Waals surface area contributed by atoms with Gasteiger partial charge in [-0.1, -0.05) is 13.3 Å². The first-order valence-corrected chi connectivity index (χ1v) is 8.15. The van der Waals surface area contributed by atoms with Gasteiger partial charge in [-0.25, -0.2) is 9.67 Å². The van der Waals surface area contributed by atoms with Crippen LogP contribution in [0.15, 0.2) is 12.7 Å². The van der Waals surface area contributed by atoms with Gasteiger partial charge in [-0.15, -0.1) is 5.10 Å². The molecule has 0 amide bonds. The van der Waals surface area contributed by atoms with Gasteiger partial charge < -0.3 is 0 Å². The summed E-state index contributed by atoms with van der Waals surface area (Å²) in [6.45, 7) is 7.06. The van der Waals surface area contributed by atoms with Crippen molar-refractivity contribution in [3.8, 4) is 0 Å². The smallest absolute Gasteiger partial charge is 0.165 e. The fourth-order valence-electron chi connectivity index (χ4n) is 3.05. The maximum Gasteiger partial charge on any atom is 0.165 e. The van der Waals surface area contributed by atoms with Crippen molar-refractivity contribution in [1.29, 1.82) is 0 Å². The number of nitrogens with zero attached hydrogens (tertiary/aromatic N) is 8. The van der Waals surface area contributed by atoms with Crippen molar-refractivity contribution >= 4 is 0 Å². The molecule has 0 aliphatic carbocycles. The van der Waals surface area contributed by atoms with E-state index in [1.165, 1.54) is 12.8 Å². The first-order valence-electron chi connectivity index (χ1n) is 8.15. The van der Waals surface area contributed by atoms with Crippen LogP contribution in [0.4, 0.5) is 0 Å². The van der Waals surface area contributed by atoms with Crippen LogP contribution in [0.3, 0.4) is 0 Å². The number of piperidine rings is 1. The summed E-state index contributed by atoms with van der Waals surface area (Å²) in [7, 11) is 0. The molecule has 0 spiro atoms. The second-order valence-corrected chi connectivity index (χ2v) is 6.03. The number of hydrogen-bond acceptors (Lipinski definition) is 6. The second kappa shape index (κ2) is 7.44. The molecule has 0 N–H and O–H groups in total. The van der Waals surface area contributed by atoms with Gasteiger partial charge in [-0.3, -0.25) is 9.58 Å². The average molecular weight is 304 g/mol. The summed E-state index contributed by atoms with van der Waals surface area (Å²) in [5.41, 5.74) is 0. The summed E-state index contributed by atoms with van der Waals surface area (Å²) in [4.78, 5) is 6.47. The van der Waals surface area contributed by atoms with E-state index in [9.17, 15) is 0 Å². The molecule has 1 fully saturated rings. The highest BCUT2D eigenvalue weighted by molar-refractivity contribution is 4.84. The van der Waals surface area contributed by atoms with Gasteiger partial charge in [-0.2, -0.15) is 5.10 Å². The van der Waals surface area contributed by atoms with Gasteiger partial charge in [0.05, 0.1) is 6.54 Å². The van der Waals surface area contributed by atoms with Crippen molar-refractivity contribution in [3.05, 3.63) is 18.5 Å². The molecule has 1 aliphatic heterocycles. The highest BCUT2D eigenvalue weighted by Crippen LogP contribution is 2.19. The molecule has 3 rings (SSSR count). The average Bonchev–Trinajstić information content (AvgIpc) is 3.18. The van der Waals surface area contributed by atoms with E-state index in [1.807, 2.05) is 9.36 Å². The standard InChI is InChI=1S/C14H24N8/c1-2-3-7-22-14(17-18-19-22)10-20-6-4-5-13(8-20)9-21-12-15-11-16-21/h11-13H,2-10H2,1H3. The van der Waals surface area contributed by atoms with E-state index < -0.39 is 0 Å². The van der Waals surface area contributed by atoms with E-state index in [-0.39, 0.29) is 0 Å².